The summed E-state index contributed by atoms with van der Waals surface area (Å²) in [5, 5.41) is 0. The molecule has 0 N–H and O–H groups in total. The monoisotopic (exact) mass is 187 g/mol. The lowest BCUT2D eigenvalue weighted by Gasteiger charge is -2.02. The summed E-state index contributed by atoms with van der Waals surface area (Å²) in [6, 6.07) is 10.9. The third-order valence-corrected chi connectivity index (χ3v) is 3.00. The van der Waals surface area contributed by atoms with Gasteiger partial charge in [-0.2, -0.15) is 0 Å². The first-order valence-corrected chi connectivity index (χ1v) is 5.19. The maximum absolute atomic E-state index is 4.73. The lowest BCUT2D eigenvalue weighted by molar-refractivity contribution is 0.618. The summed E-state index contributed by atoms with van der Waals surface area (Å²) < 4.78 is 0. The van der Waals surface area contributed by atoms with Gasteiger partial charge in [0.15, 0.2) is 0 Å². The van der Waals surface area contributed by atoms with Crippen molar-refractivity contribution in [1.82, 2.24) is 0 Å². The average Bonchev–Trinajstić information content (AvgIpc) is 2.75. The summed E-state index contributed by atoms with van der Waals surface area (Å²) in [6.45, 7) is 6.66. The second-order valence-electron chi connectivity index (χ2n) is 4.79. The van der Waals surface area contributed by atoms with Gasteiger partial charge in [-0.1, -0.05) is 44.2 Å². The molecule has 1 aromatic rings. The van der Waals surface area contributed by atoms with E-state index in [0.717, 1.165) is 0 Å². The molecule has 1 atom stereocenters. The fourth-order valence-corrected chi connectivity index (χ4v) is 1.65. The fourth-order valence-electron chi connectivity index (χ4n) is 1.65. The summed E-state index contributed by atoms with van der Waals surface area (Å²) in [5.74, 6) is 0. The average molecular weight is 187 g/mol. The lowest BCUT2D eigenvalue weighted by atomic mass is 10.1. The lowest BCUT2D eigenvalue weighted by Crippen LogP contribution is -1.99. The van der Waals surface area contributed by atoms with Crippen molar-refractivity contribution in [2.75, 3.05) is 0 Å². The van der Waals surface area contributed by atoms with Crippen LogP contribution in [-0.4, -0.2) is 11.8 Å². The number of aliphatic imine (C=N–C) groups is 1. The van der Waals surface area contributed by atoms with Gasteiger partial charge in [0.05, 0.1) is 6.04 Å². The van der Waals surface area contributed by atoms with Crippen LogP contribution in [0.1, 0.15) is 32.8 Å². The molecule has 0 amide bonds. The Balaban J connectivity index is 2.14. The second-order valence-corrected chi connectivity index (χ2v) is 4.79. The predicted molar refractivity (Wildman–Crippen MR) is 60.8 cm³/mol. The summed E-state index contributed by atoms with van der Waals surface area (Å²) >= 11 is 0. The molecule has 0 saturated heterocycles. The van der Waals surface area contributed by atoms with E-state index < -0.39 is 0 Å². The highest BCUT2D eigenvalue weighted by molar-refractivity contribution is 5.98. The first-order chi connectivity index (χ1) is 6.59. The number of hydrogen-bond acceptors (Lipinski definition) is 1. The van der Waals surface area contributed by atoms with Gasteiger partial charge in [-0.3, -0.25) is 4.99 Å². The SMILES string of the molecule is CC(=NC1CC1(C)C)c1ccccc1. The Labute approximate surface area is 85.9 Å². The highest BCUT2D eigenvalue weighted by Crippen LogP contribution is 2.47. The number of nitrogens with zero attached hydrogens (tertiary/aromatic N) is 1. The smallest absolute Gasteiger partial charge is 0.0560 e. The molecule has 1 nitrogen and oxygen atoms in total. The van der Waals surface area contributed by atoms with Gasteiger partial charge in [0.2, 0.25) is 0 Å². The van der Waals surface area contributed by atoms with Crippen molar-refractivity contribution in [3.8, 4) is 0 Å². The van der Waals surface area contributed by atoms with Gasteiger partial charge in [0.25, 0.3) is 0 Å². The first-order valence-electron chi connectivity index (χ1n) is 5.19. The van der Waals surface area contributed by atoms with Crippen molar-refractivity contribution >= 4 is 5.71 Å². The third-order valence-electron chi connectivity index (χ3n) is 3.00. The van der Waals surface area contributed by atoms with Gasteiger partial charge in [-0.25, -0.2) is 0 Å². The zero-order valence-electron chi connectivity index (χ0n) is 9.12. The Bertz CT molecular complexity index is 349. The number of rotatable bonds is 2. The van der Waals surface area contributed by atoms with E-state index in [2.05, 4.69) is 45.0 Å². The molecule has 1 unspecified atom stereocenters. The van der Waals surface area contributed by atoms with Crippen molar-refractivity contribution in [3.63, 3.8) is 0 Å². The van der Waals surface area contributed by atoms with Crippen molar-refractivity contribution in [1.29, 1.82) is 0 Å². The molecule has 2 rings (SSSR count). The van der Waals surface area contributed by atoms with E-state index in [1.165, 1.54) is 17.7 Å². The van der Waals surface area contributed by atoms with Crippen LogP contribution < -0.4 is 0 Å². The number of benzene rings is 1. The molecule has 1 heteroatoms. The summed E-state index contributed by atoms with van der Waals surface area (Å²) in [7, 11) is 0. The Morgan fingerprint density at radius 2 is 1.86 bits per heavy atom. The van der Waals surface area contributed by atoms with Gasteiger partial charge < -0.3 is 0 Å². The molecule has 1 aromatic carbocycles. The zero-order chi connectivity index (χ0) is 10.2. The Morgan fingerprint density at radius 3 is 2.36 bits per heavy atom. The molecule has 1 aliphatic rings. The largest absolute Gasteiger partial charge is 0.286 e. The minimum absolute atomic E-state index is 0.441. The van der Waals surface area contributed by atoms with Gasteiger partial charge >= 0.3 is 0 Å². The van der Waals surface area contributed by atoms with Crippen LogP contribution >= 0.6 is 0 Å². The van der Waals surface area contributed by atoms with Crippen LogP contribution in [0.25, 0.3) is 0 Å². The maximum atomic E-state index is 4.73. The van der Waals surface area contributed by atoms with Crippen molar-refractivity contribution in [3.05, 3.63) is 35.9 Å². The molecule has 1 aliphatic carbocycles. The Hall–Kier alpha value is -1.11. The summed E-state index contributed by atoms with van der Waals surface area (Å²) in [6.07, 6.45) is 1.23. The second kappa shape index (κ2) is 3.23. The molecule has 0 radical (unpaired) electrons. The van der Waals surface area contributed by atoms with Gasteiger partial charge in [-0.15, -0.1) is 0 Å². The fraction of sp³-hybridized carbons (Fsp3) is 0.462. The van der Waals surface area contributed by atoms with Crippen LogP contribution in [-0.2, 0) is 0 Å². The van der Waals surface area contributed by atoms with E-state index in [4.69, 9.17) is 4.99 Å². The van der Waals surface area contributed by atoms with Crippen LogP contribution in [0.5, 0.6) is 0 Å². The summed E-state index contributed by atoms with van der Waals surface area (Å²) in [5.41, 5.74) is 2.85. The Morgan fingerprint density at radius 1 is 1.29 bits per heavy atom. The predicted octanol–water partition coefficient (Wildman–Crippen LogP) is 3.29. The number of hydrogen-bond donors (Lipinski definition) is 0. The molecule has 0 aliphatic heterocycles. The van der Waals surface area contributed by atoms with Crippen molar-refractivity contribution < 1.29 is 0 Å². The normalized spacial score (nSPS) is 24.8. The van der Waals surface area contributed by atoms with Crippen LogP contribution in [0, 0.1) is 5.41 Å². The standard InChI is InChI=1S/C13H17N/c1-10(11-7-5-4-6-8-11)14-12-9-13(12,2)3/h4-8,12H,9H2,1-3H3. The highest BCUT2D eigenvalue weighted by atomic mass is 14.9. The molecule has 1 fully saturated rings. The van der Waals surface area contributed by atoms with E-state index in [-0.39, 0.29) is 0 Å². The van der Waals surface area contributed by atoms with Gasteiger partial charge in [-0.05, 0) is 24.3 Å². The maximum Gasteiger partial charge on any atom is 0.0560 e. The highest BCUT2D eigenvalue weighted by Gasteiger charge is 2.45. The van der Waals surface area contributed by atoms with E-state index in [0.29, 0.717) is 11.5 Å². The van der Waals surface area contributed by atoms with Crippen LogP contribution in [0.2, 0.25) is 0 Å². The first kappa shape index (κ1) is 9.45. The van der Waals surface area contributed by atoms with E-state index >= 15 is 0 Å². The molecule has 0 spiro atoms. The van der Waals surface area contributed by atoms with Crippen molar-refractivity contribution in [2.24, 2.45) is 10.4 Å². The van der Waals surface area contributed by atoms with Gasteiger partial charge in [0.1, 0.15) is 0 Å². The molecule has 74 valence electrons. The molecule has 0 aromatic heterocycles. The van der Waals surface area contributed by atoms with E-state index in [9.17, 15) is 0 Å². The molecule has 1 saturated carbocycles. The van der Waals surface area contributed by atoms with Gasteiger partial charge in [0, 0.05) is 5.71 Å². The van der Waals surface area contributed by atoms with Crippen molar-refractivity contribution in [2.45, 2.75) is 33.2 Å². The van der Waals surface area contributed by atoms with E-state index in [1.54, 1.807) is 0 Å². The molecular formula is C13H17N. The third kappa shape index (κ3) is 1.87. The van der Waals surface area contributed by atoms with Crippen LogP contribution in [0.4, 0.5) is 0 Å². The molecule has 14 heavy (non-hydrogen) atoms. The topological polar surface area (TPSA) is 12.4 Å². The quantitative estimate of drug-likeness (QED) is 0.630. The molecule has 0 heterocycles. The van der Waals surface area contributed by atoms with Crippen LogP contribution in [0.15, 0.2) is 35.3 Å². The minimum Gasteiger partial charge on any atom is -0.286 e. The molecule has 0 bridgehead atoms. The van der Waals surface area contributed by atoms with E-state index in [1.807, 2.05) is 6.07 Å². The zero-order valence-corrected chi connectivity index (χ0v) is 9.12. The Kier molecular flexibility index (Phi) is 2.18. The van der Waals surface area contributed by atoms with Crippen LogP contribution in [0.3, 0.4) is 0 Å². The molecular weight excluding hydrogens is 170 g/mol. The minimum atomic E-state index is 0.441. The summed E-state index contributed by atoms with van der Waals surface area (Å²) in [4.78, 5) is 4.73.